The van der Waals surface area contributed by atoms with Crippen LogP contribution in [-0.2, 0) is 0 Å². The molecule has 24 heavy (non-hydrogen) atoms. The molecule has 0 aliphatic rings. The van der Waals surface area contributed by atoms with Gasteiger partial charge in [0.2, 0.25) is 0 Å². The van der Waals surface area contributed by atoms with Crippen molar-refractivity contribution in [3.05, 3.63) is 42.7 Å². The van der Waals surface area contributed by atoms with Crippen LogP contribution in [0, 0.1) is 0 Å². The van der Waals surface area contributed by atoms with Gasteiger partial charge in [0, 0.05) is 22.0 Å². The Balaban J connectivity index is 0.00000208. The van der Waals surface area contributed by atoms with Gasteiger partial charge in [-0.1, -0.05) is 6.07 Å². The maximum atomic E-state index is 5.37. The number of anilines is 2. The number of hydrogen-bond acceptors (Lipinski definition) is 6. The number of hydrogen-bond donors (Lipinski definition) is 1. The minimum Gasteiger partial charge on any atom is -0.493 e. The number of ether oxygens (including phenoxy) is 2. The van der Waals surface area contributed by atoms with Crippen molar-refractivity contribution in [2.45, 2.75) is 4.90 Å². The third kappa shape index (κ3) is 3.66. The van der Waals surface area contributed by atoms with Crippen LogP contribution < -0.4 is 14.8 Å². The Morgan fingerprint density at radius 1 is 1.00 bits per heavy atom. The van der Waals surface area contributed by atoms with Crippen molar-refractivity contribution in [2.24, 2.45) is 0 Å². The van der Waals surface area contributed by atoms with Crippen molar-refractivity contribution in [1.29, 1.82) is 0 Å². The molecule has 0 aliphatic heterocycles. The Bertz CT molecular complexity index is 845. The Hall–Kier alpha value is -2.18. The molecular formula is C17H18ClN3O2S. The molecule has 1 aromatic heterocycles. The Kier molecular flexibility index (Phi) is 6.11. The first-order valence-corrected chi connectivity index (χ1v) is 8.25. The molecule has 0 unspecified atom stereocenters. The molecule has 1 N–H and O–H groups in total. The predicted octanol–water partition coefficient (Wildman–Crippen LogP) is 4.53. The molecule has 0 saturated heterocycles. The van der Waals surface area contributed by atoms with E-state index in [-0.39, 0.29) is 12.4 Å². The molecule has 1 heterocycles. The van der Waals surface area contributed by atoms with Crippen LogP contribution in [0.4, 0.5) is 11.5 Å². The minimum absolute atomic E-state index is 0. The largest absolute Gasteiger partial charge is 0.493 e. The SMILES string of the molecule is COc1cc2ncnc(Nc3cccc(SC)c3)c2cc1OC.Cl. The molecule has 7 heteroatoms. The summed E-state index contributed by atoms with van der Waals surface area (Å²) in [6.07, 6.45) is 3.59. The molecule has 3 rings (SSSR count). The first kappa shape index (κ1) is 18.2. The van der Waals surface area contributed by atoms with Gasteiger partial charge in [-0.25, -0.2) is 9.97 Å². The van der Waals surface area contributed by atoms with Crippen molar-refractivity contribution in [3.63, 3.8) is 0 Å². The minimum atomic E-state index is 0. The second-order valence-electron chi connectivity index (χ2n) is 4.80. The fourth-order valence-corrected chi connectivity index (χ4v) is 2.78. The van der Waals surface area contributed by atoms with E-state index in [1.165, 1.54) is 11.2 Å². The van der Waals surface area contributed by atoms with Gasteiger partial charge in [-0.2, -0.15) is 0 Å². The van der Waals surface area contributed by atoms with Gasteiger partial charge in [0.1, 0.15) is 12.1 Å². The molecule has 2 aromatic carbocycles. The van der Waals surface area contributed by atoms with Crippen molar-refractivity contribution < 1.29 is 9.47 Å². The summed E-state index contributed by atoms with van der Waals surface area (Å²) in [7, 11) is 3.22. The third-order valence-electron chi connectivity index (χ3n) is 3.47. The first-order chi connectivity index (χ1) is 11.2. The molecule has 0 aliphatic carbocycles. The quantitative estimate of drug-likeness (QED) is 0.672. The van der Waals surface area contributed by atoms with E-state index in [4.69, 9.17) is 9.47 Å². The summed E-state index contributed by atoms with van der Waals surface area (Å²) in [5.74, 6) is 2.03. The maximum absolute atomic E-state index is 5.37. The maximum Gasteiger partial charge on any atom is 0.162 e. The van der Waals surface area contributed by atoms with E-state index in [1.807, 2.05) is 24.3 Å². The number of nitrogens with one attached hydrogen (secondary N) is 1. The van der Waals surface area contributed by atoms with Gasteiger partial charge in [0.15, 0.2) is 11.5 Å². The standard InChI is InChI=1S/C17H17N3O2S.ClH/c1-21-15-8-13-14(9-16(15)22-2)18-10-19-17(13)20-11-5-4-6-12(7-11)23-3;/h4-10H,1-3H3,(H,18,19,20);1H. The summed E-state index contributed by atoms with van der Waals surface area (Å²) >= 11 is 1.70. The van der Waals surface area contributed by atoms with Gasteiger partial charge in [0.05, 0.1) is 19.7 Å². The highest BCUT2D eigenvalue weighted by molar-refractivity contribution is 7.98. The van der Waals surface area contributed by atoms with E-state index < -0.39 is 0 Å². The van der Waals surface area contributed by atoms with Crippen LogP contribution in [-0.4, -0.2) is 30.4 Å². The zero-order valence-electron chi connectivity index (χ0n) is 13.6. The summed E-state index contributed by atoms with van der Waals surface area (Å²) in [4.78, 5) is 9.86. The Morgan fingerprint density at radius 3 is 2.46 bits per heavy atom. The second-order valence-corrected chi connectivity index (χ2v) is 5.68. The van der Waals surface area contributed by atoms with E-state index in [2.05, 4.69) is 33.7 Å². The van der Waals surface area contributed by atoms with Crippen LogP contribution in [0.25, 0.3) is 10.9 Å². The highest BCUT2D eigenvalue weighted by Crippen LogP contribution is 2.34. The van der Waals surface area contributed by atoms with E-state index >= 15 is 0 Å². The van der Waals surface area contributed by atoms with Crippen LogP contribution in [0.2, 0.25) is 0 Å². The summed E-state index contributed by atoms with van der Waals surface area (Å²) in [5, 5.41) is 4.22. The first-order valence-electron chi connectivity index (χ1n) is 7.03. The van der Waals surface area contributed by atoms with Crippen LogP contribution in [0.15, 0.2) is 47.6 Å². The van der Waals surface area contributed by atoms with Crippen molar-refractivity contribution >= 4 is 46.6 Å². The summed E-state index contributed by atoms with van der Waals surface area (Å²) in [5.41, 5.74) is 1.77. The van der Waals surface area contributed by atoms with Crippen molar-refractivity contribution in [3.8, 4) is 11.5 Å². The van der Waals surface area contributed by atoms with Crippen LogP contribution in [0.3, 0.4) is 0 Å². The molecule has 5 nitrogen and oxygen atoms in total. The van der Waals surface area contributed by atoms with E-state index in [0.29, 0.717) is 11.5 Å². The average Bonchev–Trinajstić information content (AvgIpc) is 2.61. The van der Waals surface area contributed by atoms with Crippen LogP contribution in [0.1, 0.15) is 0 Å². The number of thioether (sulfide) groups is 1. The second kappa shape index (κ2) is 8.08. The highest BCUT2D eigenvalue weighted by atomic mass is 35.5. The highest BCUT2D eigenvalue weighted by Gasteiger charge is 2.11. The number of benzene rings is 2. The molecule has 0 atom stereocenters. The van der Waals surface area contributed by atoms with E-state index in [0.717, 1.165) is 22.4 Å². The number of rotatable bonds is 5. The molecule has 0 amide bonds. The third-order valence-corrected chi connectivity index (χ3v) is 4.20. The number of aromatic nitrogens is 2. The lowest BCUT2D eigenvalue weighted by atomic mass is 10.2. The molecule has 126 valence electrons. The fourth-order valence-electron chi connectivity index (χ4n) is 2.32. The molecular weight excluding hydrogens is 346 g/mol. The monoisotopic (exact) mass is 363 g/mol. The topological polar surface area (TPSA) is 56.3 Å². The number of fused-ring (bicyclic) bond motifs is 1. The Labute approximate surface area is 151 Å². The van der Waals surface area contributed by atoms with Crippen LogP contribution in [0.5, 0.6) is 11.5 Å². The van der Waals surface area contributed by atoms with E-state index in [1.54, 1.807) is 26.0 Å². The molecule has 0 bridgehead atoms. The lowest BCUT2D eigenvalue weighted by Gasteiger charge is -2.12. The number of nitrogens with zero attached hydrogens (tertiary/aromatic N) is 2. The van der Waals surface area contributed by atoms with Gasteiger partial charge in [0.25, 0.3) is 0 Å². The van der Waals surface area contributed by atoms with Crippen molar-refractivity contribution in [2.75, 3.05) is 25.8 Å². The van der Waals surface area contributed by atoms with Gasteiger partial charge < -0.3 is 14.8 Å². The van der Waals surface area contributed by atoms with Gasteiger partial charge in [-0.3, -0.25) is 0 Å². The summed E-state index contributed by atoms with van der Waals surface area (Å²) in [6, 6.07) is 11.9. The normalized spacial score (nSPS) is 10.1. The predicted molar refractivity (Wildman–Crippen MR) is 101 cm³/mol. The molecule has 0 fully saturated rings. The molecule has 0 saturated carbocycles. The zero-order chi connectivity index (χ0) is 16.2. The molecule has 3 aromatic rings. The number of halogens is 1. The van der Waals surface area contributed by atoms with Crippen LogP contribution >= 0.6 is 24.2 Å². The molecule has 0 spiro atoms. The van der Waals surface area contributed by atoms with Gasteiger partial charge in [-0.05, 0) is 30.5 Å². The van der Waals surface area contributed by atoms with Gasteiger partial charge in [-0.15, -0.1) is 24.2 Å². The molecule has 0 radical (unpaired) electrons. The Morgan fingerprint density at radius 2 is 1.75 bits per heavy atom. The lowest BCUT2D eigenvalue weighted by Crippen LogP contribution is -1.98. The fraction of sp³-hybridized carbons (Fsp3) is 0.176. The van der Waals surface area contributed by atoms with E-state index in [9.17, 15) is 0 Å². The summed E-state index contributed by atoms with van der Waals surface area (Å²) < 4.78 is 10.7. The lowest BCUT2D eigenvalue weighted by molar-refractivity contribution is 0.356. The zero-order valence-corrected chi connectivity index (χ0v) is 15.2. The van der Waals surface area contributed by atoms with Crippen molar-refractivity contribution in [1.82, 2.24) is 9.97 Å². The van der Waals surface area contributed by atoms with Gasteiger partial charge >= 0.3 is 0 Å². The summed E-state index contributed by atoms with van der Waals surface area (Å²) in [6.45, 7) is 0. The average molecular weight is 364 g/mol. The smallest absolute Gasteiger partial charge is 0.162 e. The number of methoxy groups -OCH3 is 2.